The highest BCUT2D eigenvalue weighted by Gasteiger charge is 2.28. The lowest BCUT2D eigenvalue weighted by Crippen LogP contribution is -2.31. The van der Waals surface area contributed by atoms with Crippen molar-refractivity contribution in [2.24, 2.45) is 5.92 Å². The Balaban J connectivity index is 2.00. The van der Waals surface area contributed by atoms with Gasteiger partial charge in [-0.15, -0.1) is 0 Å². The number of hydrogen-bond donors (Lipinski definition) is 1. The topological polar surface area (TPSA) is 80.1 Å². The Bertz CT molecular complexity index is 1100. The number of benzene rings is 1. The molecule has 3 rings (SSSR count). The maximum Gasteiger partial charge on any atom is 0.275 e. The molecular formula is C21H26ClN5O2S. The van der Waals surface area contributed by atoms with Gasteiger partial charge in [-0.05, 0) is 44.9 Å². The molecule has 7 nitrogen and oxygen atoms in total. The number of amides is 2. The zero-order valence-corrected chi connectivity index (χ0v) is 19.6. The molecule has 0 aliphatic rings. The van der Waals surface area contributed by atoms with Gasteiger partial charge < -0.3 is 4.90 Å². The molecule has 30 heavy (non-hydrogen) atoms. The maximum atomic E-state index is 13.1. The van der Waals surface area contributed by atoms with Gasteiger partial charge in [-0.2, -0.15) is 10.1 Å². The van der Waals surface area contributed by atoms with Gasteiger partial charge in [0.05, 0.1) is 5.54 Å². The molecule has 2 heterocycles. The van der Waals surface area contributed by atoms with Crippen LogP contribution in [-0.4, -0.2) is 45.1 Å². The van der Waals surface area contributed by atoms with Gasteiger partial charge >= 0.3 is 0 Å². The highest BCUT2D eigenvalue weighted by atomic mass is 35.5. The molecule has 3 aromatic rings. The van der Waals surface area contributed by atoms with E-state index < -0.39 is 0 Å². The van der Waals surface area contributed by atoms with Crippen LogP contribution in [0.3, 0.4) is 0 Å². The molecule has 160 valence electrons. The second-order valence-corrected chi connectivity index (χ2v) is 10.1. The largest absolute Gasteiger partial charge is 0.340 e. The smallest absolute Gasteiger partial charge is 0.275 e. The van der Waals surface area contributed by atoms with Crippen LogP contribution in [0.25, 0.3) is 10.3 Å². The Labute approximate surface area is 185 Å². The van der Waals surface area contributed by atoms with Crippen molar-refractivity contribution in [2.45, 2.75) is 40.2 Å². The van der Waals surface area contributed by atoms with Gasteiger partial charge in [0.2, 0.25) is 0 Å². The molecule has 2 amide bonds. The summed E-state index contributed by atoms with van der Waals surface area (Å²) in [4.78, 5) is 31.9. The molecule has 0 unspecified atom stereocenters. The van der Waals surface area contributed by atoms with Crippen molar-refractivity contribution < 1.29 is 9.59 Å². The fourth-order valence-electron chi connectivity index (χ4n) is 3.07. The standard InChI is InChI=1S/C21H26ClN5O2S/c1-12(2)11-26(6)19(29)15-16-17(27(25-15)21(3,4)5)23-20(30-16)24-18(28)13-8-7-9-14(22)10-13/h7-10,12H,11H2,1-6H3,(H,23,24,28). The summed E-state index contributed by atoms with van der Waals surface area (Å²) in [6.07, 6.45) is 0. The van der Waals surface area contributed by atoms with Gasteiger partial charge in [0, 0.05) is 24.2 Å². The summed E-state index contributed by atoms with van der Waals surface area (Å²) in [5.74, 6) is -0.129. The van der Waals surface area contributed by atoms with Gasteiger partial charge in [-0.3, -0.25) is 14.9 Å². The predicted molar refractivity (Wildman–Crippen MR) is 122 cm³/mol. The minimum atomic E-state index is -0.379. The van der Waals surface area contributed by atoms with Gasteiger partial charge in [0.1, 0.15) is 4.70 Å². The van der Waals surface area contributed by atoms with Crippen molar-refractivity contribution in [2.75, 3.05) is 18.9 Å². The Morgan fingerprint density at radius 3 is 2.60 bits per heavy atom. The van der Waals surface area contributed by atoms with E-state index in [0.717, 1.165) is 0 Å². The van der Waals surface area contributed by atoms with Crippen molar-refractivity contribution in [3.63, 3.8) is 0 Å². The molecule has 0 bridgehead atoms. The van der Waals surface area contributed by atoms with E-state index in [1.54, 1.807) is 40.9 Å². The van der Waals surface area contributed by atoms with Crippen LogP contribution in [0.5, 0.6) is 0 Å². The van der Waals surface area contributed by atoms with Crippen LogP contribution >= 0.6 is 22.9 Å². The second kappa shape index (κ2) is 8.35. The average molecular weight is 448 g/mol. The van der Waals surface area contributed by atoms with E-state index in [1.165, 1.54) is 11.3 Å². The zero-order valence-electron chi connectivity index (χ0n) is 18.0. The molecule has 0 saturated carbocycles. The summed E-state index contributed by atoms with van der Waals surface area (Å²) in [5, 5.41) is 8.28. The van der Waals surface area contributed by atoms with E-state index >= 15 is 0 Å². The Kier molecular flexibility index (Phi) is 6.19. The first-order chi connectivity index (χ1) is 14.0. The van der Waals surface area contributed by atoms with E-state index in [1.807, 2.05) is 20.8 Å². The van der Waals surface area contributed by atoms with Crippen LogP contribution < -0.4 is 5.32 Å². The molecule has 0 saturated heterocycles. The third-order valence-corrected chi connectivity index (χ3v) is 5.56. The fourth-order valence-corrected chi connectivity index (χ4v) is 4.18. The van der Waals surface area contributed by atoms with Gasteiger partial charge in [0.25, 0.3) is 11.8 Å². The summed E-state index contributed by atoms with van der Waals surface area (Å²) in [6.45, 7) is 10.7. The monoisotopic (exact) mass is 447 g/mol. The lowest BCUT2D eigenvalue weighted by atomic mass is 10.1. The number of fused-ring (bicyclic) bond motifs is 1. The molecule has 0 spiro atoms. The van der Waals surface area contributed by atoms with E-state index in [-0.39, 0.29) is 17.4 Å². The SMILES string of the molecule is CC(C)CN(C)C(=O)c1nn(C(C)(C)C)c2nc(NC(=O)c3cccc(Cl)c3)sc12. The quantitative estimate of drug-likeness (QED) is 0.604. The molecule has 0 aliphatic heterocycles. The number of thiazole rings is 1. The lowest BCUT2D eigenvalue weighted by molar-refractivity contribution is 0.0773. The maximum absolute atomic E-state index is 13.1. The number of hydrogen-bond acceptors (Lipinski definition) is 5. The van der Waals surface area contributed by atoms with E-state index in [0.29, 0.717) is 44.2 Å². The van der Waals surface area contributed by atoms with Crippen LogP contribution in [0.1, 0.15) is 55.5 Å². The van der Waals surface area contributed by atoms with Crippen LogP contribution in [-0.2, 0) is 5.54 Å². The molecule has 0 aliphatic carbocycles. The third-order valence-electron chi connectivity index (χ3n) is 4.36. The van der Waals surface area contributed by atoms with Crippen molar-refractivity contribution >= 4 is 50.2 Å². The average Bonchev–Trinajstić information content (AvgIpc) is 3.18. The van der Waals surface area contributed by atoms with E-state index in [2.05, 4.69) is 29.2 Å². The Hall–Kier alpha value is -2.45. The number of aromatic nitrogens is 3. The van der Waals surface area contributed by atoms with Gasteiger partial charge in [0.15, 0.2) is 16.5 Å². The van der Waals surface area contributed by atoms with Crippen LogP contribution in [0.4, 0.5) is 5.13 Å². The lowest BCUT2D eigenvalue weighted by Gasteiger charge is -2.20. The van der Waals surface area contributed by atoms with Crippen LogP contribution in [0.15, 0.2) is 24.3 Å². The zero-order chi connectivity index (χ0) is 22.2. The molecule has 1 N–H and O–H groups in total. The number of nitrogens with one attached hydrogen (secondary N) is 1. The number of rotatable bonds is 5. The first kappa shape index (κ1) is 22.2. The second-order valence-electron chi connectivity index (χ2n) is 8.65. The van der Waals surface area contributed by atoms with Crippen LogP contribution in [0, 0.1) is 5.92 Å². The molecule has 0 radical (unpaired) electrons. The number of halogens is 1. The molecule has 9 heteroatoms. The van der Waals surface area contributed by atoms with Crippen molar-refractivity contribution in [3.8, 4) is 0 Å². The summed E-state index contributed by atoms with van der Waals surface area (Å²) < 4.78 is 2.40. The predicted octanol–water partition coefficient (Wildman–Crippen LogP) is 4.88. The van der Waals surface area contributed by atoms with Gasteiger partial charge in [-0.1, -0.05) is 42.9 Å². The minimum absolute atomic E-state index is 0.159. The van der Waals surface area contributed by atoms with Crippen molar-refractivity contribution in [1.29, 1.82) is 0 Å². The first-order valence-electron chi connectivity index (χ1n) is 9.69. The molecular weight excluding hydrogens is 422 g/mol. The van der Waals surface area contributed by atoms with E-state index in [9.17, 15) is 9.59 Å². The molecule has 2 aromatic heterocycles. The summed E-state index contributed by atoms with van der Waals surface area (Å²) in [5.41, 5.74) is 0.988. The summed E-state index contributed by atoms with van der Waals surface area (Å²) in [7, 11) is 1.77. The summed E-state index contributed by atoms with van der Waals surface area (Å²) in [6, 6.07) is 6.70. The highest BCUT2D eigenvalue weighted by Crippen LogP contribution is 2.33. The Morgan fingerprint density at radius 1 is 1.30 bits per heavy atom. The first-order valence-corrected chi connectivity index (χ1v) is 10.9. The molecule has 0 fully saturated rings. The van der Waals surface area contributed by atoms with Crippen molar-refractivity contribution in [1.82, 2.24) is 19.7 Å². The number of carbonyl (C=O) groups excluding carboxylic acids is 2. The van der Waals surface area contributed by atoms with E-state index in [4.69, 9.17) is 11.6 Å². The van der Waals surface area contributed by atoms with Crippen molar-refractivity contribution in [3.05, 3.63) is 40.5 Å². The highest BCUT2D eigenvalue weighted by molar-refractivity contribution is 7.22. The number of nitrogens with zero attached hydrogens (tertiary/aromatic N) is 4. The third kappa shape index (κ3) is 4.65. The molecule has 1 aromatic carbocycles. The van der Waals surface area contributed by atoms with Crippen LogP contribution in [0.2, 0.25) is 5.02 Å². The number of carbonyl (C=O) groups is 2. The van der Waals surface area contributed by atoms with Gasteiger partial charge in [-0.25, -0.2) is 4.68 Å². The fraction of sp³-hybridized carbons (Fsp3) is 0.429. The number of anilines is 1. The Morgan fingerprint density at radius 2 is 2.00 bits per heavy atom. The normalized spacial score (nSPS) is 11.9. The molecule has 0 atom stereocenters. The minimum Gasteiger partial charge on any atom is -0.340 e. The summed E-state index contributed by atoms with van der Waals surface area (Å²) >= 11 is 7.23.